The number of carboxylic acid groups (broad SMARTS) is 1. The molecule has 104 valence electrons. The van der Waals surface area contributed by atoms with E-state index < -0.39 is 5.97 Å². The molecular weight excluding hydrogens is 238 g/mol. The SMILES string of the molecule is CCC(=CCN(Cc1ccccc1)C(C)C)C(=O)O. The quantitative estimate of drug-likeness (QED) is 0.765. The van der Waals surface area contributed by atoms with Crippen LogP contribution in [0.3, 0.4) is 0 Å². The molecule has 1 rings (SSSR count). The summed E-state index contributed by atoms with van der Waals surface area (Å²) in [7, 11) is 0. The first-order valence-corrected chi connectivity index (χ1v) is 6.74. The van der Waals surface area contributed by atoms with E-state index in [0.717, 1.165) is 6.54 Å². The summed E-state index contributed by atoms with van der Waals surface area (Å²) in [6, 6.07) is 10.6. The van der Waals surface area contributed by atoms with E-state index >= 15 is 0 Å². The fraction of sp³-hybridized carbons (Fsp3) is 0.438. The lowest BCUT2D eigenvalue weighted by atomic mass is 10.1. The average Bonchev–Trinajstić information content (AvgIpc) is 2.38. The minimum Gasteiger partial charge on any atom is -0.478 e. The highest BCUT2D eigenvalue weighted by Crippen LogP contribution is 2.09. The Kier molecular flexibility index (Phi) is 6.30. The van der Waals surface area contributed by atoms with Gasteiger partial charge in [0.1, 0.15) is 0 Å². The lowest BCUT2D eigenvalue weighted by Gasteiger charge is -2.25. The van der Waals surface area contributed by atoms with Crippen molar-refractivity contribution in [3.63, 3.8) is 0 Å². The predicted molar refractivity (Wildman–Crippen MR) is 78.0 cm³/mol. The Labute approximate surface area is 115 Å². The van der Waals surface area contributed by atoms with Gasteiger partial charge in [-0.05, 0) is 25.8 Å². The van der Waals surface area contributed by atoms with E-state index in [1.165, 1.54) is 5.56 Å². The highest BCUT2D eigenvalue weighted by atomic mass is 16.4. The lowest BCUT2D eigenvalue weighted by Crippen LogP contribution is -2.30. The molecule has 0 amide bonds. The molecule has 0 unspecified atom stereocenters. The van der Waals surface area contributed by atoms with Gasteiger partial charge in [-0.2, -0.15) is 0 Å². The minimum atomic E-state index is -0.814. The first kappa shape index (κ1) is 15.4. The molecule has 0 atom stereocenters. The van der Waals surface area contributed by atoms with E-state index in [9.17, 15) is 4.79 Å². The molecule has 0 saturated heterocycles. The van der Waals surface area contributed by atoms with Crippen LogP contribution in [0.1, 0.15) is 32.8 Å². The van der Waals surface area contributed by atoms with Gasteiger partial charge in [0, 0.05) is 24.7 Å². The maximum atomic E-state index is 11.0. The predicted octanol–water partition coefficient (Wildman–Crippen LogP) is 3.32. The van der Waals surface area contributed by atoms with Crippen molar-refractivity contribution in [1.29, 1.82) is 0 Å². The summed E-state index contributed by atoms with van der Waals surface area (Å²) in [5, 5.41) is 9.03. The number of carbonyl (C=O) groups is 1. The van der Waals surface area contributed by atoms with Crippen molar-refractivity contribution in [3.8, 4) is 0 Å². The molecule has 19 heavy (non-hydrogen) atoms. The third-order valence-electron chi connectivity index (χ3n) is 3.19. The number of benzene rings is 1. The first-order valence-electron chi connectivity index (χ1n) is 6.74. The molecule has 0 bridgehead atoms. The largest absolute Gasteiger partial charge is 0.478 e. The Hall–Kier alpha value is -1.61. The van der Waals surface area contributed by atoms with Crippen molar-refractivity contribution in [1.82, 2.24) is 4.90 Å². The highest BCUT2D eigenvalue weighted by Gasteiger charge is 2.10. The summed E-state index contributed by atoms with van der Waals surface area (Å²) in [5.41, 5.74) is 1.73. The molecular formula is C16H23NO2. The third-order valence-corrected chi connectivity index (χ3v) is 3.19. The van der Waals surface area contributed by atoms with Crippen molar-refractivity contribution >= 4 is 5.97 Å². The van der Waals surface area contributed by atoms with Gasteiger partial charge in [-0.15, -0.1) is 0 Å². The van der Waals surface area contributed by atoms with Gasteiger partial charge in [-0.25, -0.2) is 4.79 Å². The molecule has 1 aromatic rings. The molecule has 0 saturated carbocycles. The van der Waals surface area contributed by atoms with Gasteiger partial charge >= 0.3 is 5.97 Å². The summed E-state index contributed by atoms with van der Waals surface area (Å²) in [6.45, 7) is 7.64. The molecule has 0 spiro atoms. The van der Waals surface area contributed by atoms with Crippen LogP contribution in [0.2, 0.25) is 0 Å². The molecule has 1 aromatic carbocycles. The van der Waals surface area contributed by atoms with E-state index in [1.807, 2.05) is 31.2 Å². The highest BCUT2D eigenvalue weighted by molar-refractivity contribution is 5.86. The van der Waals surface area contributed by atoms with E-state index in [2.05, 4.69) is 30.9 Å². The second-order valence-electron chi connectivity index (χ2n) is 4.90. The van der Waals surface area contributed by atoms with Gasteiger partial charge in [-0.3, -0.25) is 4.90 Å². The molecule has 1 N–H and O–H groups in total. The Morgan fingerprint density at radius 1 is 1.32 bits per heavy atom. The number of carboxylic acids is 1. The second kappa shape index (κ2) is 7.74. The maximum Gasteiger partial charge on any atom is 0.331 e. The number of hydrogen-bond donors (Lipinski definition) is 1. The van der Waals surface area contributed by atoms with Gasteiger partial charge in [-0.1, -0.05) is 43.3 Å². The molecule has 3 nitrogen and oxygen atoms in total. The summed E-state index contributed by atoms with van der Waals surface area (Å²) in [6.07, 6.45) is 2.39. The van der Waals surface area contributed by atoms with Crippen LogP contribution >= 0.6 is 0 Å². The van der Waals surface area contributed by atoms with Crippen LogP contribution in [-0.2, 0) is 11.3 Å². The number of nitrogens with zero attached hydrogens (tertiary/aromatic N) is 1. The zero-order valence-corrected chi connectivity index (χ0v) is 12.0. The minimum absolute atomic E-state index is 0.378. The number of rotatable bonds is 7. The van der Waals surface area contributed by atoms with E-state index in [1.54, 1.807) is 0 Å². The van der Waals surface area contributed by atoms with Crippen molar-refractivity contribution < 1.29 is 9.90 Å². The fourth-order valence-corrected chi connectivity index (χ4v) is 1.89. The summed E-state index contributed by atoms with van der Waals surface area (Å²) in [4.78, 5) is 13.2. The maximum absolute atomic E-state index is 11.0. The van der Waals surface area contributed by atoms with Crippen molar-refractivity contribution in [2.24, 2.45) is 0 Å². The van der Waals surface area contributed by atoms with Crippen LogP contribution in [0.4, 0.5) is 0 Å². The third kappa shape index (κ3) is 5.26. The zero-order valence-electron chi connectivity index (χ0n) is 12.0. The van der Waals surface area contributed by atoms with E-state index in [4.69, 9.17) is 5.11 Å². The van der Waals surface area contributed by atoms with Gasteiger partial charge in [0.05, 0.1) is 0 Å². The van der Waals surface area contributed by atoms with Crippen molar-refractivity contribution in [3.05, 3.63) is 47.5 Å². The molecule has 0 heterocycles. The Balaban J connectivity index is 2.71. The normalized spacial score (nSPS) is 12.2. The smallest absolute Gasteiger partial charge is 0.331 e. The summed E-state index contributed by atoms with van der Waals surface area (Å²) < 4.78 is 0. The zero-order chi connectivity index (χ0) is 14.3. The van der Waals surface area contributed by atoms with Gasteiger partial charge in [0.25, 0.3) is 0 Å². The Morgan fingerprint density at radius 2 is 1.95 bits per heavy atom. The topological polar surface area (TPSA) is 40.5 Å². The Morgan fingerprint density at radius 3 is 2.42 bits per heavy atom. The molecule has 0 aliphatic heterocycles. The monoisotopic (exact) mass is 261 g/mol. The molecule has 0 aliphatic rings. The van der Waals surface area contributed by atoms with Crippen molar-refractivity contribution in [2.75, 3.05) is 6.54 Å². The van der Waals surface area contributed by atoms with E-state index in [-0.39, 0.29) is 0 Å². The molecule has 0 aromatic heterocycles. The standard InChI is InChI=1S/C16H23NO2/c1-4-15(16(18)19)10-11-17(13(2)3)12-14-8-6-5-7-9-14/h5-10,13H,4,11-12H2,1-3H3,(H,18,19). The van der Waals surface area contributed by atoms with Crippen LogP contribution in [0.5, 0.6) is 0 Å². The Bertz CT molecular complexity index is 424. The number of hydrogen-bond acceptors (Lipinski definition) is 2. The summed E-state index contributed by atoms with van der Waals surface area (Å²) >= 11 is 0. The fourth-order valence-electron chi connectivity index (χ4n) is 1.89. The van der Waals surface area contributed by atoms with Crippen LogP contribution in [0, 0.1) is 0 Å². The van der Waals surface area contributed by atoms with Gasteiger partial charge < -0.3 is 5.11 Å². The summed E-state index contributed by atoms with van der Waals surface area (Å²) in [5.74, 6) is -0.814. The second-order valence-corrected chi connectivity index (χ2v) is 4.90. The van der Waals surface area contributed by atoms with Crippen LogP contribution in [0.25, 0.3) is 0 Å². The van der Waals surface area contributed by atoms with E-state index in [0.29, 0.717) is 24.6 Å². The van der Waals surface area contributed by atoms with Crippen LogP contribution in [-0.4, -0.2) is 28.6 Å². The molecule has 0 fully saturated rings. The van der Waals surface area contributed by atoms with Crippen LogP contribution in [0.15, 0.2) is 42.0 Å². The van der Waals surface area contributed by atoms with Gasteiger partial charge in [0.15, 0.2) is 0 Å². The molecule has 3 heteroatoms. The first-order chi connectivity index (χ1) is 9.04. The molecule has 0 aliphatic carbocycles. The van der Waals surface area contributed by atoms with Crippen molar-refractivity contribution in [2.45, 2.75) is 39.8 Å². The molecule has 0 radical (unpaired) electrons. The lowest BCUT2D eigenvalue weighted by molar-refractivity contribution is -0.132. The van der Waals surface area contributed by atoms with Gasteiger partial charge in [0.2, 0.25) is 0 Å². The number of aliphatic carboxylic acids is 1. The average molecular weight is 261 g/mol. The van der Waals surface area contributed by atoms with Crippen LogP contribution < -0.4 is 0 Å².